The van der Waals surface area contributed by atoms with Gasteiger partial charge in [0, 0.05) is 12.7 Å². The van der Waals surface area contributed by atoms with E-state index >= 15 is 0 Å². The van der Waals surface area contributed by atoms with Crippen molar-refractivity contribution in [3.63, 3.8) is 0 Å². The maximum absolute atomic E-state index is 12.3. The second-order valence-corrected chi connectivity index (χ2v) is 6.33. The molecule has 140 valence electrons. The maximum Gasteiger partial charge on any atom is 0.263 e. The molecule has 2 N–H and O–H groups in total. The van der Waals surface area contributed by atoms with Gasteiger partial charge in [-0.1, -0.05) is 42.0 Å². The Kier molecular flexibility index (Phi) is 7.45. The lowest BCUT2D eigenvalue weighted by Gasteiger charge is -2.14. The molecule has 0 heterocycles. The fourth-order valence-electron chi connectivity index (χ4n) is 2.54. The summed E-state index contributed by atoms with van der Waals surface area (Å²) >= 11 is 0. The number of nitrogens with zero attached hydrogens (tertiary/aromatic N) is 1. The fourth-order valence-corrected chi connectivity index (χ4v) is 2.54. The van der Waals surface area contributed by atoms with E-state index in [4.69, 9.17) is 4.74 Å². The third-order valence-electron chi connectivity index (χ3n) is 4.25. The van der Waals surface area contributed by atoms with Gasteiger partial charge in [-0.05, 0) is 43.5 Å². The van der Waals surface area contributed by atoms with Gasteiger partial charge in [0.15, 0.2) is 0 Å². The molecule has 5 heteroatoms. The highest BCUT2D eigenvalue weighted by atomic mass is 16.5. The molecular formula is C22H25N3O2. The number of carbonyl (C=O) groups excluding carboxylic acids is 1. The molecule has 2 rings (SSSR count). The van der Waals surface area contributed by atoms with Crippen LogP contribution in [0.25, 0.3) is 0 Å². The van der Waals surface area contributed by atoms with Crippen LogP contribution in [0.2, 0.25) is 0 Å². The zero-order valence-electron chi connectivity index (χ0n) is 16.0. The van der Waals surface area contributed by atoms with E-state index in [0.29, 0.717) is 6.54 Å². The van der Waals surface area contributed by atoms with Crippen molar-refractivity contribution in [2.75, 3.05) is 13.7 Å². The molecule has 0 radical (unpaired) electrons. The van der Waals surface area contributed by atoms with Crippen LogP contribution in [-0.2, 0) is 11.2 Å². The number of benzene rings is 2. The number of nitriles is 1. The Hall–Kier alpha value is -3.26. The molecule has 0 aliphatic rings. The summed E-state index contributed by atoms with van der Waals surface area (Å²) in [6.45, 7) is 4.57. The van der Waals surface area contributed by atoms with Crippen molar-refractivity contribution in [3.8, 4) is 11.8 Å². The average Bonchev–Trinajstić information content (AvgIpc) is 2.69. The Bertz CT molecular complexity index is 818. The average molecular weight is 363 g/mol. The van der Waals surface area contributed by atoms with Crippen LogP contribution >= 0.6 is 0 Å². The largest absolute Gasteiger partial charge is 0.497 e. The molecule has 1 unspecified atom stereocenters. The third kappa shape index (κ3) is 6.19. The molecule has 0 bridgehead atoms. The van der Waals surface area contributed by atoms with Crippen LogP contribution in [0.5, 0.6) is 5.75 Å². The minimum atomic E-state index is -0.399. The lowest BCUT2D eigenvalue weighted by atomic mass is 10.1. The minimum Gasteiger partial charge on any atom is -0.497 e. The highest BCUT2D eigenvalue weighted by Gasteiger charge is 2.13. The third-order valence-corrected chi connectivity index (χ3v) is 4.25. The van der Waals surface area contributed by atoms with Crippen LogP contribution in [0.1, 0.15) is 29.7 Å². The number of rotatable bonds is 8. The molecule has 0 spiro atoms. The van der Waals surface area contributed by atoms with Gasteiger partial charge in [0.25, 0.3) is 5.91 Å². The van der Waals surface area contributed by atoms with Crippen LogP contribution in [-0.4, -0.2) is 19.6 Å². The Morgan fingerprint density at radius 1 is 1.19 bits per heavy atom. The Morgan fingerprint density at radius 3 is 2.44 bits per heavy atom. The summed E-state index contributed by atoms with van der Waals surface area (Å²) in [5.41, 5.74) is 3.42. The summed E-state index contributed by atoms with van der Waals surface area (Å²) < 4.78 is 5.13. The van der Waals surface area contributed by atoms with Crippen molar-refractivity contribution in [1.29, 1.82) is 5.26 Å². The van der Waals surface area contributed by atoms with Gasteiger partial charge >= 0.3 is 0 Å². The summed E-state index contributed by atoms with van der Waals surface area (Å²) in [4.78, 5) is 12.3. The van der Waals surface area contributed by atoms with Gasteiger partial charge < -0.3 is 15.4 Å². The molecular weight excluding hydrogens is 338 g/mol. The van der Waals surface area contributed by atoms with Gasteiger partial charge in [0.05, 0.1) is 13.2 Å². The first-order chi connectivity index (χ1) is 13.0. The van der Waals surface area contributed by atoms with E-state index in [2.05, 4.69) is 41.8 Å². The van der Waals surface area contributed by atoms with Crippen LogP contribution in [0.3, 0.4) is 0 Å². The van der Waals surface area contributed by atoms with E-state index in [9.17, 15) is 10.1 Å². The van der Waals surface area contributed by atoms with Crippen molar-refractivity contribution in [1.82, 2.24) is 10.6 Å². The van der Waals surface area contributed by atoms with Crippen molar-refractivity contribution in [2.45, 2.75) is 26.3 Å². The molecule has 5 nitrogen and oxygen atoms in total. The van der Waals surface area contributed by atoms with Crippen molar-refractivity contribution in [2.24, 2.45) is 0 Å². The standard InChI is InChI=1S/C22H25N3O2/c1-16-4-6-18(7-5-16)12-13-24-15-20(14-23)22(26)25-17(2)19-8-10-21(27-3)11-9-19/h4-11,15,17,24H,12-13H2,1-3H3,(H,25,26)/b20-15-. The molecule has 0 fully saturated rings. The number of ether oxygens (including phenoxy) is 1. The van der Waals surface area contributed by atoms with Crippen molar-refractivity contribution in [3.05, 3.63) is 77.0 Å². The van der Waals surface area contributed by atoms with Crippen LogP contribution in [0.4, 0.5) is 0 Å². The number of hydrogen-bond donors (Lipinski definition) is 2. The number of amides is 1. The van der Waals surface area contributed by atoms with E-state index in [0.717, 1.165) is 17.7 Å². The molecule has 0 saturated heterocycles. The van der Waals surface area contributed by atoms with Crippen LogP contribution in [0.15, 0.2) is 60.3 Å². The first-order valence-electron chi connectivity index (χ1n) is 8.87. The summed E-state index contributed by atoms with van der Waals surface area (Å²) in [5, 5.41) is 15.1. The van der Waals surface area contributed by atoms with Crippen LogP contribution in [0, 0.1) is 18.3 Å². The molecule has 2 aromatic carbocycles. The second-order valence-electron chi connectivity index (χ2n) is 6.33. The van der Waals surface area contributed by atoms with E-state index in [1.807, 2.05) is 37.3 Å². The molecule has 1 atom stereocenters. The zero-order valence-corrected chi connectivity index (χ0v) is 16.0. The number of aryl methyl sites for hydroxylation is 1. The summed E-state index contributed by atoms with van der Waals surface area (Å²) in [5.74, 6) is 0.358. The number of carbonyl (C=O) groups is 1. The number of nitrogens with one attached hydrogen (secondary N) is 2. The first kappa shape index (κ1) is 20.1. The molecule has 27 heavy (non-hydrogen) atoms. The topological polar surface area (TPSA) is 74.1 Å². The SMILES string of the molecule is COc1ccc(C(C)NC(=O)/C(C#N)=C\NCCc2ccc(C)cc2)cc1. The predicted octanol–water partition coefficient (Wildman–Crippen LogP) is 3.42. The Morgan fingerprint density at radius 2 is 1.85 bits per heavy atom. The summed E-state index contributed by atoms with van der Waals surface area (Å²) in [7, 11) is 1.61. The molecule has 0 aliphatic heterocycles. The zero-order chi connectivity index (χ0) is 19.6. The van der Waals surface area contributed by atoms with Gasteiger partial charge in [0.1, 0.15) is 17.4 Å². The van der Waals surface area contributed by atoms with E-state index in [1.54, 1.807) is 7.11 Å². The molecule has 0 aliphatic carbocycles. The number of methoxy groups -OCH3 is 1. The van der Waals surface area contributed by atoms with E-state index in [-0.39, 0.29) is 11.6 Å². The monoisotopic (exact) mass is 363 g/mol. The van der Waals surface area contributed by atoms with Gasteiger partial charge in [0.2, 0.25) is 0 Å². The number of hydrogen-bond acceptors (Lipinski definition) is 4. The Labute approximate surface area is 160 Å². The van der Waals surface area contributed by atoms with Gasteiger partial charge in [-0.25, -0.2) is 0 Å². The Balaban J connectivity index is 1.87. The van der Waals surface area contributed by atoms with Gasteiger partial charge in [-0.15, -0.1) is 0 Å². The maximum atomic E-state index is 12.3. The first-order valence-corrected chi connectivity index (χ1v) is 8.87. The fraction of sp³-hybridized carbons (Fsp3) is 0.273. The molecule has 0 saturated carbocycles. The summed E-state index contributed by atoms with van der Waals surface area (Å²) in [6, 6.07) is 17.5. The van der Waals surface area contributed by atoms with Gasteiger partial charge in [-0.3, -0.25) is 4.79 Å². The second kappa shape index (κ2) is 10.0. The highest BCUT2D eigenvalue weighted by molar-refractivity contribution is 5.97. The van der Waals surface area contributed by atoms with Crippen molar-refractivity contribution < 1.29 is 9.53 Å². The summed E-state index contributed by atoms with van der Waals surface area (Å²) in [6.07, 6.45) is 2.30. The van der Waals surface area contributed by atoms with E-state index < -0.39 is 5.91 Å². The molecule has 2 aromatic rings. The smallest absolute Gasteiger partial charge is 0.263 e. The minimum absolute atomic E-state index is 0.0549. The lowest BCUT2D eigenvalue weighted by molar-refractivity contribution is -0.117. The van der Waals surface area contributed by atoms with Gasteiger partial charge in [-0.2, -0.15) is 5.26 Å². The molecule has 0 aromatic heterocycles. The normalized spacial score (nSPS) is 12.0. The quantitative estimate of drug-likeness (QED) is 0.428. The van der Waals surface area contributed by atoms with Crippen molar-refractivity contribution >= 4 is 5.91 Å². The predicted molar refractivity (Wildman–Crippen MR) is 106 cm³/mol. The van der Waals surface area contributed by atoms with Crippen LogP contribution < -0.4 is 15.4 Å². The lowest BCUT2D eigenvalue weighted by Crippen LogP contribution is -2.28. The van der Waals surface area contributed by atoms with E-state index in [1.165, 1.54) is 17.3 Å². The molecule has 1 amide bonds. The highest BCUT2D eigenvalue weighted by Crippen LogP contribution is 2.17.